The molecule has 218 valence electrons. The van der Waals surface area contributed by atoms with E-state index < -0.39 is 65.6 Å². The van der Waals surface area contributed by atoms with Crippen molar-refractivity contribution in [3.8, 4) is 0 Å². The lowest BCUT2D eigenvalue weighted by molar-refractivity contribution is -0.175. The van der Waals surface area contributed by atoms with Gasteiger partial charge in [-0.3, -0.25) is 9.32 Å². The van der Waals surface area contributed by atoms with Crippen LogP contribution >= 0.6 is 7.82 Å². The fraction of sp³-hybridized carbons (Fsp3) is 0.889. The predicted octanol–water partition coefficient (Wildman–Crippen LogP) is 1.97. The van der Waals surface area contributed by atoms with Crippen molar-refractivity contribution in [1.29, 1.82) is 0 Å². The quantitative estimate of drug-likeness (QED) is 0.227. The minimum Gasteiger partial charge on any atom is -0.390 e. The first kappa shape index (κ1) is 30.3. The molecule has 0 heterocycles. The van der Waals surface area contributed by atoms with Crippen molar-refractivity contribution in [2.24, 2.45) is 28.6 Å². The highest BCUT2D eigenvalue weighted by Gasteiger charge is 2.69. The Labute approximate surface area is 224 Å². The lowest BCUT2D eigenvalue weighted by atomic mass is 9.45. The zero-order valence-electron chi connectivity index (χ0n) is 23.0. The summed E-state index contributed by atoms with van der Waals surface area (Å²) in [4.78, 5) is 32.6. The summed E-state index contributed by atoms with van der Waals surface area (Å²) in [6.45, 7) is 8.42. The van der Waals surface area contributed by atoms with Crippen LogP contribution < -0.4 is 0 Å². The highest BCUT2D eigenvalue weighted by molar-refractivity contribution is 7.46. The molecular formula is C27H45O10P. The van der Waals surface area contributed by atoms with Gasteiger partial charge in [-0.2, -0.15) is 0 Å². The van der Waals surface area contributed by atoms with E-state index in [0.29, 0.717) is 24.8 Å². The number of aliphatic hydroxyl groups excluding tert-OH is 2. The second-order valence-corrected chi connectivity index (χ2v) is 14.9. The standard InChI is InChI=1S/C27H45O10P/c1-23(2,31)9-8-22(37-38(34,35)36)26(5,32)21-7-11-27(33)16-12-18(28)17-13-19(29)20(30)14-24(17,3)15(16)6-10-25(21,27)4/h12,15,17,19-22,29-33H,6-11,13-14H2,1-5H3,(H2,34,35,36)/t15-,17-,19+,20-,21-,22+,24+,25+,26+,27?/m0/s1. The molecule has 0 bridgehead atoms. The third kappa shape index (κ3) is 4.88. The molecule has 4 rings (SSSR count). The highest BCUT2D eigenvalue weighted by atomic mass is 31.2. The molecular weight excluding hydrogens is 515 g/mol. The van der Waals surface area contributed by atoms with Crippen molar-refractivity contribution in [1.82, 2.24) is 0 Å². The van der Waals surface area contributed by atoms with Crippen molar-refractivity contribution in [3.05, 3.63) is 11.6 Å². The smallest absolute Gasteiger partial charge is 0.390 e. The Balaban J connectivity index is 1.70. The van der Waals surface area contributed by atoms with Gasteiger partial charge in [0.05, 0.1) is 35.1 Å². The molecule has 1 unspecified atom stereocenters. The molecule has 7 N–H and O–H groups in total. The normalized spacial score (nSPS) is 43.9. The molecule has 38 heavy (non-hydrogen) atoms. The van der Waals surface area contributed by atoms with Crippen molar-refractivity contribution in [2.45, 2.75) is 121 Å². The zero-order valence-corrected chi connectivity index (χ0v) is 23.9. The summed E-state index contributed by atoms with van der Waals surface area (Å²) in [5.41, 5.74) is -5.33. The van der Waals surface area contributed by atoms with Crippen LogP contribution in [0.3, 0.4) is 0 Å². The number of aliphatic hydroxyl groups is 5. The molecule has 0 aromatic heterocycles. The fourth-order valence-corrected chi connectivity index (χ4v) is 9.28. The third-order valence-electron chi connectivity index (χ3n) is 10.8. The minimum atomic E-state index is -4.99. The largest absolute Gasteiger partial charge is 0.469 e. The summed E-state index contributed by atoms with van der Waals surface area (Å²) < 4.78 is 17.0. The van der Waals surface area contributed by atoms with Crippen LogP contribution in [0.2, 0.25) is 0 Å². The SMILES string of the molecule is CC(C)(O)CC[C@@H](OP(=O)(O)O)[C@](C)(O)[C@H]1CCC2(O)C3=CC(=O)[C@@H]4C[C@@H](O)[C@@H](O)C[C@]4(C)[C@H]3CC[C@]12C. The second kappa shape index (κ2) is 9.43. The number of ketones is 1. The van der Waals surface area contributed by atoms with Crippen molar-refractivity contribution in [2.75, 3.05) is 0 Å². The monoisotopic (exact) mass is 560 g/mol. The Morgan fingerprint density at radius 1 is 1.08 bits per heavy atom. The Hall–Kier alpha value is -0.680. The summed E-state index contributed by atoms with van der Waals surface area (Å²) in [6, 6.07) is 0. The Morgan fingerprint density at radius 3 is 2.29 bits per heavy atom. The summed E-state index contributed by atoms with van der Waals surface area (Å²) in [5.74, 6) is -1.44. The molecule has 0 spiro atoms. The van der Waals surface area contributed by atoms with Crippen LogP contribution in [0.15, 0.2) is 11.6 Å². The van der Waals surface area contributed by atoms with Crippen molar-refractivity contribution in [3.63, 3.8) is 0 Å². The van der Waals surface area contributed by atoms with Crippen LogP contribution in [0.1, 0.15) is 86.0 Å². The second-order valence-electron chi connectivity index (χ2n) is 13.8. The fourth-order valence-electron chi connectivity index (χ4n) is 8.63. The van der Waals surface area contributed by atoms with E-state index in [4.69, 9.17) is 4.52 Å². The molecule has 0 aromatic carbocycles. The summed E-state index contributed by atoms with van der Waals surface area (Å²) in [6.07, 6.45) is 0.473. The Kier molecular flexibility index (Phi) is 7.51. The number of phosphoric acid groups is 1. The van der Waals surface area contributed by atoms with Gasteiger partial charge < -0.3 is 35.3 Å². The summed E-state index contributed by atoms with van der Waals surface area (Å²) >= 11 is 0. The number of allylic oxidation sites excluding steroid dienone is 1. The van der Waals surface area contributed by atoms with Gasteiger partial charge in [0.25, 0.3) is 0 Å². The summed E-state index contributed by atoms with van der Waals surface area (Å²) in [5, 5.41) is 55.2. The molecule has 3 saturated carbocycles. The molecule has 10 nitrogen and oxygen atoms in total. The van der Waals surface area contributed by atoms with Gasteiger partial charge in [0.2, 0.25) is 0 Å². The summed E-state index contributed by atoms with van der Waals surface area (Å²) in [7, 11) is -4.99. The van der Waals surface area contributed by atoms with Crippen LogP contribution in [0, 0.1) is 28.6 Å². The predicted molar refractivity (Wildman–Crippen MR) is 138 cm³/mol. The molecule has 11 heteroatoms. The first-order valence-electron chi connectivity index (χ1n) is 13.7. The minimum absolute atomic E-state index is 0.0175. The maximum absolute atomic E-state index is 13.3. The molecule has 10 atom stereocenters. The van der Waals surface area contributed by atoms with Crippen molar-refractivity contribution < 1.29 is 49.2 Å². The van der Waals surface area contributed by atoms with E-state index in [2.05, 4.69) is 0 Å². The number of hydrogen-bond acceptors (Lipinski definition) is 8. The molecule has 0 aliphatic heterocycles. The zero-order chi connectivity index (χ0) is 28.7. The van der Waals surface area contributed by atoms with Gasteiger partial charge in [-0.15, -0.1) is 0 Å². The average molecular weight is 561 g/mol. The average Bonchev–Trinajstić information content (AvgIpc) is 3.04. The van der Waals surface area contributed by atoms with Crippen LogP contribution in [0.4, 0.5) is 0 Å². The Bertz CT molecular complexity index is 1030. The van der Waals surface area contributed by atoms with Gasteiger partial charge in [0.15, 0.2) is 5.78 Å². The van der Waals surface area contributed by atoms with E-state index in [1.807, 2.05) is 13.8 Å². The molecule has 0 amide bonds. The van der Waals surface area contributed by atoms with E-state index >= 15 is 0 Å². The number of carbonyl (C=O) groups excluding carboxylic acids is 1. The lowest BCUT2D eigenvalue weighted by Gasteiger charge is -2.60. The van der Waals surface area contributed by atoms with E-state index in [0.717, 1.165) is 0 Å². The molecule has 0 radical (unpaired) electrons. The maximum Gasteiger partial charge on any atom is 0.469 e. The molecule has 0 aromatic rings. The van der Waals surface area contributed by atoms with Crippen LogP contribution in [0.25, 0.3) is 0 Å². The van der Waals surface area contributed by atoms with Crippen LogP contribution in [0.5, 0.6) is 0 Å². The van der Waals surface area contributed by atoms with Gasteiger partial charge in [0.1, 0.15) is 0 Å². The van der Waals surface area contributed by atoms with Gasteiger partial charge in [-0.25, -0.2) is 4.57 Å². The first-order valence-corrected chi connectivity index (χ1v) is 15.2. The number of hydrogen-bond donors (Lipinski definition) is 7. The number of carbonyl (C=O) groups is 1. The highest BCUT2D eigenvalue weighted by Crippen LogP contribution is 2.69. The van der Waals surface area contributed by atoms with Gasteiger partial charge in [-0.1, -0.05) is 13.8 Å². The number of fused-ring (bicyclic) bond motifs is 5. The van der Waals surface area contributed by atoms with Gasteiger partial charge in [-0.05, 0) is 101 Å². The van der Waals surface area contributed by atoms with Gasteiger partial charge >= 0.3 is 7.82 Å². The third-order valence-corrected chi connectivity index (χ3v) is 11.3. The Morgan fingerprint density at radius 2 is 1.71 bits per heavy atom. The molecule has 0 saturated heterocycles. The molecule has 3 fully saturated rings. The lowest BCUT2D eigenvalue weighted by Crippen LogP contribution is -2.63. The van der Waals surface area contributed by atoms with E-state index in [-0.39, 0.29) is 43.8 Å². The van der Waals surface area contributed by atoms with Gasteiger partial charge in [0, 0.05) is 11.3 Å². The van der Waals surface area contributed by atoms with E-state index in [1.165, 1.54) is 13.0 Å². The maximum atomic E-state index is 13.3. The topological polar surface area (TPSA) is 185 Å². The van der Waals surface area contributed by atoms with Crippen LogP contribution in [-0.2, 0) is 13.9 Å². The molecule has 4 aliphatic carbocycles. The van der Waals surface area contributed by atoms with Crippen molar-refractivity contribution >= 4 is 13.6 Å². The van der Waals surface area contributed by atoms with Crippen LogP contribution in [-0.4, -0.2) is 76.2 Å². The van der Waals surface area contributed by atoms with E-state index in [9.17, 15) is 44.7 Å². The molecule has 4 aliphatic rings. The number of rotatable bonds is 7. The first-order chi connectivity index (χ1) is 17.2. The van der Waals surface area contributed by atoms with E-state index in [1.54, 1.807) is 13.8 Å². The number of phosphoric ester groups is 1.